The highest BCUT2D eigenvalue weighted by Crippen LogP contribution is 2.32. The van der Waals surface area contributed by atoms with E-state index in [1.807, 2.05) is 0 Å². The molecule has 0 aromatic carbocycles. The maximum absolute atomic E-state index is 6.21. The summed E-state index contributed by atoms with van der Waals surface area (Å²) >= 11 is 7.76. The molecule has 0 bridgehead atoms. The van der Waals surface area contributed by atoms with E-state index in [1.54, 1.807) is 11.8 Å². The van der Waals surface area contributed by atoms with Crippen molar-refractivity contribution in [2.24, 2.45) is 0 Å². The lowest BCUT2D eigenvalue weighted by Gasteiger charge is -2.09. The van der Waals surface area contributed by atoms with E-state index in [9.17, 15) is 0 Å². The molecule has 2 aromatic heterocycles. The third kappa shape index (κ3) is 3.21. The van der Waals surface area contributed by atoms with Gasteiger partial charge in [-0.25, -0.2) is 9.97 Å². The molecule has 0 fully saturated rings. The number of hydrogen-bond acceptors (Lipinski definition) is 5. The van der Waals surface area contributed by atoms with Gasteiger partial charge in [-0.15, -0.1) is 10.2 Å². The Labute approximate surface area is 133 Å². The van der Waals surface area contributed by atoms with Gasteiger partial charge in [-0.2, -0.15) is 0 Å². The molecule has 0 amide bonds. The van der Waals surface area contributed by atoms with Gasteiger partial charge in [0.25, 0.3) is 0 Å². The molecule has 3 heterocycles. The van der Waals surface area contributed by atoms with Crippen LogP contribution in [0.2, 0.25) is 5.15 Å². The summed E-state index contributed by atoms with van der Waals surface area (Å²) in [4.78, 5) is 8.48. The zero-order valence-corrected chi connectivity index (χ0v) is 13.6. The largest absolute Gasteiger partial charge is 0.306 e. The first-order valence-electron chi connectivity index (χ1n) is 7.39. The second-order valence-electron chi connectivity index (χ2n) is 5.16. The Bertz CT molecular complexity index is 628. The molecule has 7 heteroatoms. The third-order valence-electron chi connectivity index (χ3n) is 3.62. The normalized spacial score (nSPS) is 14.8. The molecular weight excluding hydrogens is 306 g/mol. The molecule has 0 radical (unpaired) electrons. The molecule has 112 valence electrons. The topological polar surface area (TPSA) is 56.5 Å². The fourth-order valence-electron chi connectivity index (χ4n) is 2.54. The van der Waals surface area contributed by atoms with Crippen LogP contribution in [0.4, 0.5) is 0 Å². The van der Waals surface area contributed by atoms with E-state index < -0.39 is 0 Å². The molecule has 0 aliphatic carbocycles. The molecule has 5 nitrogen and oxygen atoms in total. The standard InChI is InChI=1S/C14H18ClN5S/c1-2-6-10-12(15)16-9-17-13(10)21-14-19-18-11-7-4-3-5-8-20(11)14/h9H,2-8H2,1H3. The van der Waals surface area contributed by atoms with Gasteiger partial charge >= 0.3 is 0 Å². The molecule has 1 aliphatic rings. The SMILES string of the molecule is CCCc1c(Cl)ncnc1Sc1nnc2n1CCCCC2. The summed E-state index contributed by atoms with van der Waals surface area (Å²) in [6, 6.07) is 0. The molecule has 0 saturated carbocycles. The molecule has 3 rings (SSSR count). The van der Waals surface area contributed by atoms with Crippen molar-refractivity contribution in [1.82, 2.24) is 24.7 Å². The van der Waals surface area contributed by atoms with Crippen molar-refractivity contribution in [3.05, 3.63) is 22.9 Å². The lowest BCUT2D eigenvalue weighted by molar-refractivity contribution is 0.590. The van der Waals surface area contributed by atoms with Gasteiger partial charge in [0.2, 0.25) is 0 Å². The van der Waals surface area contributed by atoms with Crippen LogP contribution in [0, 0.1) is 0 Å². The van der Waals surface area contributed by atoms with Gasteiger partial charge < -0.3 is 4.57 Å². The van der Waals surface area contributed by atoms with Gasteiger partial charge in [0, 0.05) is 18.5 Å². The number of aryl methyl sites for hydroxylation is 1. The van der Waals surface area contributed by atoms with Crippen LogP contribution < -0.4 is 0 Å². The first-order chi connectivity index (χ1) is 10.3. The van der Waals surface area contributed by atoms with Crippen molar-refractivity contribution >= 4 is 23.4 Å². The van der Waals surface area contributed by atoms with Gasteiger partial charge in [-0.1, -0.05) is 31.4 Å². The summed E-state index contributed by atoms with van der Waals surface area (Å²) in [6.07, 6.45) is 8.06. The number of fused-ring (bicyclic) bond motifs is 1. The predicted octanol–water partition coefficient (Wildman–Crippen LogP) is 3.55. The van der Waals surface area contributed by atoms with Crippen LogP contribution in [-0.4, -0.2) is 24.7 Å². The summed E-state index contributed by atoms with van der Waals surface area (Å²) in [5.74, 6) is 1.09. The van der Waals surface area contributed by atoms with Crippen LogP contribution in [0.25, 0.3) is 0 Å². The van der Waals surface area contributed by atoms with E-state index in [-0.39, 0.29) is 0 Å². The summed E-state index contributed by atoms with van der Waals surface area (Å²) in [7, 11) is 0. The van der Waals surface area contributed by atoms with Crippen LogP contribution in [0.5, 0.6) is 0 Å². The number of rotatable bonds is 4. The third-order valence-corrected chi connectivity index (χ3v) is 4.97. The molecule has 0 atom stereocenters. The van der Waals surface area contributed by atoms with Crippen LogP contribution in [0.1, 0.15) is 44.0 Å². The van der Waals surface area contributed by atoms with E-state index >= 15 is 0 Å². The zero-order valence-electron chi connectivity index (χ0n) is 12.0. The Balaban J connectivity index is 1.91. The van der Waals surface area contributed by atoms with Gasteiger partial charge in [-0.05, 0) is 31.0 Å². The van der Waals surface area contributed by atoms with Crippen LogP contribution >= 0.6 is 23.4 Å². The van der Waals surface area contributed by atoms with Crippen molar-refractivity contribution in [2.75, 3.05) is 0 Å². The Morgan fingerprint density at radius 3 is 3.00 bits per heavy atom. The van der Waals surface area contributed by atoms with Crippen molar-refractivity contribution in [3.8, 4) is 0 Å². The first kappa shape index (κ1) is 14.8. The summed E-state index contributed by atoms with van der Waals surface area (Å²) < 4.78 is 2.23. The van der Waals surface area contributed by atoms with Gasteiger partial charge in [0.15, 0.2) is 5.16 Å². The van der Waals surface area contributed by atoms with Crippen molar-refractivity contribution in [3.63, 3.8) is 0 Å². The highest BCUT2D eigenvalue weighted by molar-refractivity contribution is 7.99. The van der Waals surface area contributed by atoms with Crippen LogP contribution in [0.15, 0.2) is 16.5 Å². The molecule has 0 N–H and O–H groups in total. The molecule has 0 unspecified atom stereocenters. The van der Waals surface area contributed by atoms with E-state index in [1.165, 1.54) is 25.6 Å². The second kappa shape index (κ2) is 6.75. The van der Waals surface area contributed by atoms with Gasteiger partial charge in [0.05, 0.1) is 0 Å². The van der Waals surface area contributed by atoms with E-state index in [0.29, 0.717) is 5.15 Å². The minimum atomic E-state index is 0.546. The fourth-order valence-corrected chi connectivity index (χ4v) is 3.81. The minimum Gasteiger partial charge on any atom is -0.306 e. The zero-order chi connectivity index (χ0) is 14.7. The monoisotopic (exact) mass is 323 g/mol. The molecular formula is C14H18ClN5S. The quantitative estimate of drug-likeness (QED) is 0.805. The maximum Gasteiger partial charge on any atom is 0.197 e. The molecule has 0 saturated heterocycles. The highest BCUT2D eigenvalue weighted by atomic mass is 35.5. The van der Waals surface area contributed by atoms with Crippen LogP contribution in [-0.2, 0) is 19.4 Å². The molecule has 0 spiro atoms. The number of hydrogen-bond donors (Lipinski definition) is 0. The Morgan fingerprint density at radius 1 is 1.24 bits per heavy atom. The predicted molar refractivity (Wildman–Crippen MR) is 82.7 cm³/mol. The van der Waals surface area contributed by atoms with Crippen molar-refractivity contribution in [2.45, 2.75) is 62.2 Å². The van der Waals surface area contributed by atoms with Crippen molar-refractivity contribution < 1.29 is 0 Å². The highest BCUT2D eigenvalue weighted by Gasteiger charge is 2.18. The van der Waals surface area contributed by atoms with Gasteiger partial charge in [-0.3, -0.25) is 0 Å². The Hall–Kier alpha value is -1.14. The smallest absolute Gasteiger partial charge is 0.197 e. The van der Waals surface area contributed by atoms with E-state index in [4.69, 9.17) is 11.6 Å². The molecule has 2 aromatic rings. The lowest BCUT2D eigenvalue weighted by Crippen LogP contribution is -2.03. The Morgan fingerprint density at radius 2 is 2.14 bits per heavy atom. The number of nitrogens with zero attached hydrogens (tertiary/aromatic N) is 5. The first-order valence-corrected chi connectivity index (χ1v) is 8.58. The fraction of sp³-hybridized carbons (Fsp3) is 0.571. The van der Waals surface area contributed by atoms with Gasteiger partial charge in [0.1, 0.15) is 22.3 Å². The lowest BCUT2D eigenvalue weighted by atomic mass is 10.2. The van der Waals surface area contributed by atoms with Crippen molar-refractivity contribution in [1.29, 1.82) is 0 Å². The summed E-state index contributed by atoms with van der Waals surface area (Å²) in [6.45, 7) is 3.12. The summed E-state index contributed by atoms with van der Waals surface area (Å²) in [5, 5.41) is 11.0. The maximum atomic E-state index is 6.21. The summed E-state index contributed by atoms with van der Waals surface area (Å²) in [5.41, 5.74) is 1.01. The second-order valence-corrected chi connectivity index (χ2v) is 6.48. The molecule has 21 heavy (non-hydrogen) atoms. The number of aromatic nitrogens is 5. The Kier molecular flexibility index (Phi) is 4.75. The minimum absolute atomic E-state index is 0.546. The average molecular weight is 324 g/mol. The van der Waals surface area contributed by atoms with E-state index in [2.05, 4.69) is 31.7 Å². The number of halogens is 1. The average Bonchev–Trinajstić information content (AvgIpc) is 2.71. The van der Waals surface area contributed by atoms with Crippen LogP contribution in [0.3, 0.4) is 0 Å². The molecule has 1 aliphatic heterocycles. The van der Waals surface area contributed by atoms with E-state index in [0.717, 1.165) is 47.4 Å².